The average Bonchev–Trinajstić information content (AvgIpc) is 2.79. The fraction of sp³-hybridized carbons (Fsp3) is 0.423. The van der Waals surface area contributed by atoms with Crippen molar-refractivity contribution in [2.75, 3.05) is 44.6 Å². The number of benzene rings is 2. The standard InChI is InChI=1S/C26H33FN4O3/c1-26(2,3)20-9-7-19(8-10-20)25(34)28-12-11-24(33)31-15-13-30(14-16-31)18-23(32)29-22-6-4-5-21(27)17-22/h4-10,17H,11-16,18H2,1-3H3,(H,28,34)(H,29,32). The molecule has 1 aliphatic heterocycles. The minimum Gasteiger partial charge on any atom is -0.352 e. The molecule has 3 rings (SSSR count). The number of hydrogen-bond acceptors (Lipinski definition) is 4. The zero-order valence-corrected chi connectivity index (χ0v) is 20.1. The monoisotopic (exact) mass is 468 g/mol. The summed E-state index contributed by atoms with van der Waals surface area (Å²) in [6.07, 6.45) is 0.228. The van der Waals surface area contributed by atoms with Crippen LogP contribution in [0.3, 0.4) is 0 Å². The summed E-state index contributed by atoms with van der Waals surface area (Å²) < 4.78 is 13.2. The molecule has 182 valence electrons. The molecule has 1 aliphatic rings. The summed E-state index contributed by atoms with van der Waals surface area (Å²) in [5.41, 5.74) is 2.18. The van der Waals surface area contributed by atoms with E-state index in [1.165, 1.54) is 12.1 Å². The number of piperazine rings is 1. The van der Waals surface area contributed by atoms with Crippen molar-refractivity contribution in [1.29, 1.82) is 0 Å². The van der Waals surface area contributed by atoms with Crippen molar-refractivity contribution in [2.45, 2.75) is 32.6 Å². The first-order valence-electron chi connectivity index (χ1n) is 11.6. The Morgan fingerprint density at radius 2 is 1.65 bits per heavy atom. The van der Waals surface area contributed by atoms with E-state index < -0.39 is 5.82 Å². The van der Waals surface area contributed by atoms with E-state index in [1.54, 1.807) is 29.2 Å². The molecule has 2 aromatic carbocycles. The topological polar surface area (TPSA) is 81.8 Å². The normalized spacial score (nSPS) is 14.5. The SMILES string of the molecule is CC(C)(C)c1ccc(C(=O)NCCC(=O)N2CCN(CC(=O)Nc3cccc(F)c3)CC2)cc1. The molecule has 0 atom stereocenters. The predicted octanol–water partition coefficient (Wildman–Crippen LogP) is 3.03. The summed E-state index contributed by atoms with van der Waals surface area (Å²) in [4.78, 5) is 40.8. The molecule has 3 amide bonds. The van der Waals surface area contributed by atoms with Crippen LogP contribution in [0.25, 0.3) is 0 Å². The first-order chi connectivity index (χ1) is 16.1. The Labute approximate surface area is 200 Å². The Kier molecular flexibility index (Phi) is 8.39. The van der Waals surface area contributed by atoms with Crippen LogP contribution in [-0.4, -0.2) is 66.8 Å². The van der Waals surface area contributed by atoms with E-state index in [4.69, 9.17) is 0 Å². The Morgan fingerprint density at radius 1 is 0.971 bits per heavy atom. The second-order valence-corrected chi connectivity index (χ2v) is 9.55. The second kappa shape index (κ2) is 11.2. The van der Waals surface area contributed by atoms with Gasteiger partial charge in [-0.15, -0.1) is 0 Å². The van der Waals surface area contributed by atoms with Gasteiger partial charge in [-0.2, -0.15) is 0 Å². The molecule has 0 spiro atoms. The van der Waals surface area contributed by atoms with Crippen LogP contribution in [0.4, 0.5) is 10.1 Å². The van der Waals surface area contributed by atoms with Gasteiger partial charge in [-0.25, -0.2) is 4.39 Å². The number of carbonyl (C=O) groups is 3. The number of nitrogens with one attached hydrogen (secondary N) is 2. The van der Waals surface area contributed by atoms with Crippen molar-refractivity contribution < 1.29 is 18.8 Å². The second-order valence-electron chi connectivity index (χ2n) is 9.55. The lowest BCUT2D eigenvalue weighted by molar-refractivity contribution is -0.132. The molecular weight excluding hydrogens is 435 g/mol. The number of hydrogen-bond donors (Lipinski definition) is 2. The minimum absolute atomic E-state index is 0.0211. The Bertz CT molecular complexity index is 1010. The van der Waals surface area contributed by atoms with Gasteiger partial charge >= 0.3 is 0 Å². The molecule has 0 saturated carbocycles. The summed E-state index contributed by atoms with van der Waals surface area (Å²) in [6.45, 7) is 9.02. The average molecular weight is 469 g/mol. The van der Waals surface area contributed by atoms with Crippen LogP contribution < -0.4 is 10.6 Å². The third kappa shape index (κ3) is 7.38. The highest BCUT2D eigenvalue weighted by molar-refractivity contribution is 5.94. The van der Waals surface area contributed by atoms with E-state index in [-0.39, 0.29) is 42.6 Å². The van der Waals surface area contributed by atoms with Crippen LogP contribution >= 0.6 is 0 Å². The predicted molar refractivity (Wildman–Crippen MR) is 130 cm³/mol. The lowest BCUT2D eigenvalue weighted by Crippen LogP contribution is -2.50. The number of nitrogens with zero attached hydrogens (tertiary/aromatic N) is 2. The van der Waals surface area contributed by atoms with Gasteiger partial charge in [-0.05, 0) is 41.3 Å². The number of halogens is 1. The highest BCUT2D eigenvalue weighted by Crippen LogP contribution is 2.22. The van der Waals surface area contributed by atoms with E-state index >= 15 is 0 Å². The molecule has 0 bridgehead atoms. The maximum Gasteiger partial charge on any atom is 0.251 e. The third-order valence-electron chi connectivity index (χ3n) is 5.84. The molecule has 8 heteroatoms. The first kappa shape index (κ1) is 25.4. The highest BCUT2D eigenvalue weighted by Gasteiger charge is 2.22. The first-order valence-corrected chi connectivity index (χ1v) is 11.6. The number of rotatable bonds is 7. The van der Waals surface area contributed by atoms with E-state index in [2.05, 4.69) is 31.4 Å². The van der Waals surface area contributed by atoms with E-state index in [0.717, 1.165) is 5.56 Å². The smallest absolute Gasteiger partial charge is 0.251 e. The van der Waals surface area contributed by atoms with Crippen molar-refractivity contribution in [1.82, 2.24) is 15.1 Å². The van der Waals surface area contributed by atoms with Crippen molar-refractivity contribution in [3.63, 3.8) is 0 Å². The molecule has 0 aliphatic carbocycles. The lowest BCUT2D eigenvalue weighted by atomic mass is 9.87. The lowest BCUT2D eigenvalue weighted by Gasteiger charge is -2.34. The maximum atomic E-state index is 13.2. The molecule has 1 fully saturated rings. The highest BCUT2D eigenvalue weighted by atomic mass is 19.1. The maximum absolute atomic E-state index is 13.2. The fourth-order valence-corrected chi connectivity index (χ4v) is 3.79. The number of carbonyl (C=O) groups excluding carboxylic acids is 3. The molecule has 0 unspecified atom stereocenters. The zero-order chi connectivity index (χ0) is 24.7. The Hall–Kier alpha value is -3.26. The van der Waals surface area contributed by atoms with Crippen molar-refractivity contribution >= 4 is 23.4 Å². The van der Waals surface area contributed by atoms with Crippen LogP contribution in [0.5, 0.6) is 0 Å². The zero-order valence-electron chi connectivity index (χ0n) is 20.1. The van der Waals surface area contributed by atoms with Crippen LogP contribution in [0, 0.1) is 5.82 Å². The van der Waals surface area contributed by atoms with Gasteiger partial charge in [0.1, 0.15) is 5.82 Å². The number of amides is 3. The Morgan fingerprint density at radius 3 is 2.26 bits per heavy atom. The van der Waals surface area contributed by atoms with Crippen molar-refractivity contribution in [3.05, 3.63) is 65.5 Å². The molecule has 1 saturated heterocycles. The van der Waals surface area contributed by atoms with Gasteiger partial charge in [0.2, 0.25) is 11.8 Å². The van der Waals surface area contributed by atoms with Gasteiger partial charge in [0, 0.05) is 50.4 Å². The van der Waals surface area contributed by atoms with Crippen LogP contribution in [0.2, 0.25) is 0 Å². The molecule has 34 heavy (non-hydrogen) atoms. The van der Waals surface area contributed by atoms with Crippen LogP contribution in [0.15, 0.2) is 48.5 Å². The van der Waals surface area contributed by atoms with Crippen LogP contribution in [0.1, 0.15) is 43.1 Å². The summed E-state index contributed by atoms with van der Waals surface area (Å²) in [5.74, 6) is -0.835. The largest absolute Gasteiger partial charge is 0.352 e. The minimum atomic E-state index is -0.403. The van der Waals surface area contributed by atoms with Gasteiger partial charge in [-0.1, -0.05) is 39.0 Å². The molecule has 1 heterocycles. The van der Waals surface area contributed by atoms with E-state index in [1.807, 2.05) is 17.0 Å². The van der Waals surface area contributed by atoms with Gasteiger partial charge in [0.05, 0.1) is 6.54 Å². The number of anilines is 1. The summed E-state index contributed by atoms with van der Waals surface area (Å²) in [5, 5.41) is 5.50. The molecular formula is C26H33FN4O3. The van der Waals surface area contributed by atoms with E-state index in [9.17, 15) is 18.8 Å². The van der Waals surface area contributed by atoms with Crippen molar-refractivity contribution in [3.8, 4) is 0 Å². The summed E-state index contributed by atoms with van der Waals surface area (Å²) in [7, 11) is 0. The molecule has 2 aromatic rings. The van der Waals surface area contributed by atoms with Gasteiger partial charge in [0.25, 0.3) is 5.91 Å². The fourth-order valence-electron chi connectivity index (χ4n) is 3.79. The van der Waals surface area contributed by atoms with Gasteiger partial charge in [0.15, 0.2) is 0 Å². The van der Waals surface area contributed by atoms with Crippen molar-refractivity contribution in [2.24, 2.45) is 0 Å². The van der Waals surface area contributed by atoms with Crippen LogP contribution in [-0.2, 0) is 15.0 Å². The summed E-state index contributed by atoms with van der Waals surface area (Å²) >= 11 is 0. The summed E-state index contributed by atoms with van der Waals surface area (Å²) in [6, 6.07) is 13.3. The quantitative estimate of drug-likeness (QED) is 0.655. The third-order valence-corrected chi connectivity index (χ3v) is 5.84. The molecule has 7 nitrogen and oxygen atoms in total. The van der Waals surface area contributed by atoms with Gasteiger partial charge in [-0.3, -0.25) is 19.3 Å². The molecule has 0 radical (unpaired) electrons. The Balaban J connectivity index is 1.36. The molecule has 2 N–H and O–H groups in total. The van der Waals surface area contributed by atoms with Gasteiger partial charge < -0.3 is 15.5 Å². The molecule has 0 aromatic heterocycles. The van der Waals surface area contributed by atoms with E-state index in [0.29, 0.717) is 37.4 Å².